The fraction of sp³-hybridized carbons (Fsp3) is 0.154. The van der Waals surface area contributed by atoms with Gasteiger partial charge in [0.2, 0.25) is 0 Å². The molecule has 0 bridgehead atoms. The molecule has 1 aromatic heterocycles. The number of carbonyl (C=O) groups is 1. The summed E-state index contributed by atoms with van der Waals surface area (Å²) >= 11 is 0. The van der Waals surface area contributed by atoms with E-state index in [0.29, 0.717) is 22.4 Å². The molecule has 1 unspecified atom stereocenters. The molecule has 4 aromatic rings. The summed E-state index contributed by atoms with van der Waals surface area (Å²) in [7, 11) is 2.96. The van der Waals surface area contributed by atoms with E-state index in [0.717, 1.165) is 0 Å². The van der Waals surface area contributed by atoms with Gasteiger partial charge < -0.3 is 28.8 Å². The molecule has 0 saturated carbocycles. The van der Waals surface area contributed by atoms with Gasteiger partial charge >= 0.3 is 5.97 Å². The Morgan fingerprint density at radius 3 is 2.41 bits per heavy atom. The number of methoxy groups -OCH3 is 2. The van der Waals surface area contributed by atoms with Crippen molar-refractivity contribution in [1.82, 2.24) is 0 Å². The van der Waals surface area contributed by atoms with E-state index in [9.17, 15) is 19.8 Å². The number of phenolic OH excluding ortho intramolecular Hbond substituents is 2. The standard InChI is InChI=1S/C26H20O8/c1-31-19-6-4-3-5-14(19)15-10-23(30)33-22-12-18(29)25-17(28)11-21(34-26(25)24(15)22)13-7-8-20(32-2)16(27)9-13/h3-9,11-12,15,27,29H,10H2,1-2H3. The number of aromatic hydroxyl groups is 2. The second-order valence-corrected chi connectivity index (χ2v) is 7.85. The molecule has 2 N–H and O–H groups in total. The van der Waals surface area contributed by atoms with Crippen LogP contribution in [-0.2, 0) is 4.79 Å². The van der Waals surface area contributed by atoms with Crippen LogP contribution in [0.2, 0.25) is 0 Å². The molecule has 5 rings (SSSR count). The maximum Gasteiger partial charge on any atom is 0.312 e. The Bertz CT molecular complexity index is 1500. The topological polar surface area (TPSA) is 115 Å². The summed E-state index contributed by atoms with van der Waals surface area (Å²) < 4.78 is 22.2. The molecular weight excluding hydrogens is 440 g/mol. The molecule has 34 heavy (non-hydrogen) atoms. The molecule has 1 aliphatic rings. The Morgan fingerprint density at radius 2 is 1.68 bits per heavy atom. The number of ether oxygens (including phenoxy) is 3. The minimum absolute atomic E-state index is 0.00941. The molecular formula is C26H20O8. The maximum absolute atomic E-state index is 13.1. The van der Waals surface area contributed by atoms with Crippen LogP contribution >= 0.6 is 0 Å². The van der Waals surface area contributed by atoms with Crippen molar-refractivity contribution in [3.8, 4) is 40.1 Å². The monoisotopic (exact) mass is 460 g/mol. The summed E-state index contributed by atoms with van der Waals surface area (Å²) in [5, 5.41) is 20.8. The fourth-order valence-electron chi connectivity index (χ4n) is 4.36. The van der Waals surface area contributed by atoms with Crippen molar-refractivity contribution in [1.29, 1.82) is 0 Å². The van der Waals surface area contributed by atoms with Crippen LogP contribution in [0.5, 0.6) is 28.7 Å². The number of hydrogen-bond donors (Lipinski definition) is 2. The highest BCUT2D eigenvalue weighted by Crippen LogP contribution is 2.47. The molecule has 0 spiro atoms. The van der Waals surface area contributed by atoms with Gasteiger partial charge in [-0.25, -0.2) is 0 Å². The number of fused-ring (bicyclic) bond motifs is 3. The largest absolute Gasteiger partial charge is 0.507 e. The van der Waals surface area contributed by atoms with Crippen LogP contribution in [0.3, 0.4) is 0 Å². The summed E-state index contributed by atoms with van der Waals surface area (Å²) in [5.74, 6) is -0.410. The van der Waals surface area contributed by atoms with Gasteiger partial charge in [0.05, 0.1) is 20.6 Å². The van der Waals surface area contributed by atoms with Crippen molar-refractivity contribution in [3.05, 3.63) is 75.9 Å². The molecule has 0 amide bonds. The summed E-state index contributed by atoms with van der Waals surface area (Å²) in [6, 6.07) is 14.3. The number of esters is 1. The minimum Gasteiger partial charge on any atom is -0.507 e. The van der Waals surface area contributed by atoms with E-state index in [4.69, 9.17) is 18.6 Å². The lowest BCUT2D eigenvalue weighted by Crippen LogP contribution is -2.22. The van der Waals surface area contributed by atoms with Crippen LogP contribution in [0.1, 0.15) is 23.5 Å². The second kappa shape index (κ2) is 8.15. The second-order valence-electron chi connectivity index (χ2n) is 7.85. The molecule has 172 valence electrons. The average molecular weight is 460 g/mol. The highest BCUT2D eigenvalue weighted by Gasteiger charge is 2.35. The van der Waals surface area contributed by atoms with Gasteiger partial charge in [-0.1, -0.05) is 18.2 Å². The summed E-state index contributed by atoms with van der Waals surface area (Å²) in [6.07, 6.45) is -0.00941. The highest BCUT2D eigenvalue weighted by atomic mass is 16.5. The predicted molar refractivity (Wildman–Crippen MR) is 123 cm³/mol. The molecule has 0 radical (unpaired) electrons. The molecule has 0 saturated heterocycles. The normalized spacial score (nSPS) is 15.0. The first kappa shape index (κ1) is 21.4. The maximum atomic E-state index is 13.1. The number of hydrogen-bond acceptors (Lipinski definition) is 8. The Labute approximate surface area is 193 Å². The van der Waals surface area contributed by atoms with Crippen LogP contribution in [0.25, 0.3) is 22.3 Å². The van der Waals surface area contributed by atoms with E-state index in [1.807, 2.05) is 18.2 Å². The lowest BCUT2D eigenvalue weighted by molar-refractivity contribution is -0.135. The molecule has 1 aliphatic heterocycles. The number of carbonyl (C=O) groups excluding carboxylic acids is 1. The van der Waals surface area contributed by atoms with E-state index in [1.165, 1.54) is 32.4 Å². The van der Waals surface area contributed by atoms with Gasteiger partial charge in [-0.2, -0.15) is 0 Å². The number of para-hydroxylation sites is 1. The zero-order valence-corrected chi connectivity index (χ0v) is 18.3. The Balaban J connectivity index is 1.81. The van der Waals surface area contributed by atoms with Crippen molar-refractivity contribution >= 4 is 16.9 Å². The van der Waals surface area contributed by atoms with Crippen LogP contribution in [0.15, 0.2) is 63.8 Å². The van der Waals surface area contributed by atoms with Crippen LogP contribution in [0, 0.1) is 0 Å². The van der Waals surface area contributed by atoms with E-state index >= 15 is 0 Å². The lowest BCUT2D eigenvalue weighted by atomic mass is 9.84. The smallest absolute Gasteiger partial charge is 0.312 e. The lowest BCUT2D eigenvalue weighted by Gasteiger charge is -2.27. The van der Waals surface area contributed by atoms with Crippen LogP contribution in [-0.4, -0.2) is 30.4 Å². The van der Waals surface area contributed by atoms with E-state index in [1.54, 1.807) is 18.2 Å². The molecule has 8 heteroatoms. The summed E-state index contributed by atoms with van der Waals surface area (Å²) in [4.78, 5) is 25.5. The van der Waals surface area contributed by atoms with Gasteiger partial charge in [-0.3, -0.25) is 9.59 Å². The van der Waals surface area contributed by atoms with Gasteiger partial charge in [0, 0.05) is 34.7 Å². The predicted octanol–water partition coefficient (Wildman–Crippen LogP) is 4.33. The third kappa shape index (κ3) is 3.40. The first-order valence-electron chi connectivity index (χ1n) is 10.5. The Morgan fingerprint density at radius 1 is 0.912 bits per heavy atom. The van der Waals surface area contributed by atoms with E-state index in [-0.39, 0.29) is 46.1 Å². The van der Waals surface area contributed by atoms with E-state index < -0.39 is 17.3 Å². The van der Waals surface area contributed by atoms with Crippen molar-refractivity contribution in [2.45, 2.75) is 12.3 Å². The molecule has 0 aliphatic carbocycles. The zero-order chi connectivity index (χ0) is 24.0. The SMILES string of the molecule is COc1ccc(-c2cc(=O)c3c(O)cc4c(c3o2)C(c2ccccc2OC)CC(=O)O4)cc1O. The van der Waals surface area contributed by atoms with Crippen molar-refractivity contribution < 1.29 is 33.6 Å². The Kier molecular flexibility index (Phi) is 5.13. The quantitative estimate of drug-likeness (QED) is 0.342. The number of phenols is 2. The molecule has 0 fully saturated rings. The molecule has 3 aromatic carbocycles. The highest BCUT2D eigenvalue weighted by molar-refractivity contribution is 5.93. The van der Waals surface area contributed by atoms with Crippen LogP contribution in [0.4, 0.5) is 0 Å². The van der Waals surface area contributed by atoms with Crippen LogP contribution < -0.4 is 19.6 Å². The summed E-state index contributed by atoms with van der Waals surface area (Å²) in [5.41, 5.74) is 1.20. The summed E-state index contributed by atoms with van der Waals surface area (Å²) in [6.45, 7) is 0. The van der Waals surface area contributed by atoms with Crippen molar-refractivity contribution in [2.75, 3.05) is 14.2 Å². The van der Waals surface area contributed by atoms with Gasteiger partial charge in [0.15, 0.2) is 16.9 Å². The van der Waals surface area contributed by atoms with Gasteiger partial charge in [-0.15, -0.1) is 0 Å². The van der Waals surface area contributed by atoms with E-state index in [2.05, 4.69) is 0 Å². The molecule has 8 nitrogen and oxygen atoms in total. The molecule has 1 atom stereocenters. The number of rotatable bonds is 4. The van der Waals surface area contributed by atoms with Gasteiger partial charge in [-0.05, 0) is 24.3 Å². The zero-order valence-electron chi connectivity index (χ0n) is 18.3. The van der Waals surface area contributed by atoms with Gasteiger partial charge in [0.25, 0.3) is 0 Å². The minimum atomic E-state index is -0.543. The van der Waals surface area contributed by atoms with Crippen molar-refractivity contribution in [3.63, 3.8) is 0 Å². The third-order valence-corrected chi connectivity index (χ3v) is 5.90. The third-order valence-electron chi connectivity index (χ3n) is 5.90. The average Bonchev–Trinajstić information content (AvgIpc) is 2.82. The van der Waals surface area contributed by atoms with Gasteiger partial charge in [0.1, 0.15) is 34.0 Å². The van der Waals surface area contributed by atoms with Crippen molar-refractivity contribution in [2.24, 2.45) is 0 Å². The Hall–Kier alpha value is -4.46. The first-order valence-corrected chi connectivity index (χ1v) is 10.5. The first-order chi connectivity index (χ1) is 16.4. The molecule has 2 heterocycles. The number of benzene rings is 3. The fourth-order valence-corrected chi connectivity index (χ4v) is 4.36.